The van der Waals surface area contributed by atoms with Crippen LogP contribution in [-0.2, 0) is 9.59 Å². The highest BCUT2D eigenvalue weighted by Gasteiger charge is 2.03. The van der Waals surface area contributed by atoms with Crippen molar-refractivity contribution in [2.45, 2.75) is 25.7 Å². The molecule has 0 spiro atoms. The first-order valence-electron chi connectivity index (χ1n) is 6.96. The van der Waals surface area contributed by atoms with Gasteiger partial charge in [-0.05, 0) is 35.4 Å². The Morgan fingerprint density at radius 3 is 1.82 bits per heavy atom. The molecule has 2 rings (SSSR count). The molecule has 0 aromatic heterocycles. The third-order valence-corrected chi connectivity index (χ3v) is 3.22. The van der Waals surface area contributed by atoms with E-state index in [4.69, 9.17) is 10.2 Å². The molecule has 0 amide bonds. The minimum Gasteiger partial charge on any atom is -0.508 e. The molecule has 0 radical (unpaired) electrons. The van der Waals surface area contributed by atoms with E-state index in [1.165, 1.54) is 0 Å². The van der Waals surface area contributed by atoms with Crippen molar-refractivity contribution in [1.82, 2.24) is 0 Å². The quantitative estimate of drug-likeness (QED) is 0.849. The van der Waals surface area contributed by atoms with Gasteiger partial charge in [0.15, 0.2) is 0 Å². The van der Waals surface area contributed by atoms with Gasteiger partial charge in [-0.3, -0.25) is 0 Å². The van der Waals surface area contributed by atoms with E-state index < -0.39 is 0 Å². The molecule has 22 heavy (non-hydrogen) atoms. The maximum Gasteiger partial charge on any atom is 0.127 e. The lowest BCUT2D eigenvalue weighted by Crippen LogP contribution is -1.92. The van der Waals surface area contributed by atoms with E-state index in [9.17, 15) is 9.59 Å². The number of hydrogen-bond acceptors (Lipinski definition) is 4. The van der Waals surface area contributed by atoms with E-state index >= 15 is 0 Å². The fourth-order valence-corrected chi connectivity index (χ4v) is 1.74. The number of carbonyl (C=O) groups is 2. The molecule has 0 saturated heterocycles. The van der Waals surface area contributed by atoms with Gasteiger partial charge >= 0.3 is 0 Å². The second-order valence-corrected chi connectivity index (χ2v) is 5.04. The molecular formula is C18H20O4. The highest BCUT2D eigenvalue weighted by atomic mass is 16.3. The predicted octanol–water partition coefficient (Wildman–Crippen LogP) is 3.39. The lowest BCUT2D eigenvalue weighted by atomic mass is 10.0. The first-order chi connectivity index (χ1) is 10.5. The highest BCUT2D eigenvalue weighted by Crippen LogP contribution is 2.17. The fraction of sp³-hybridized carbons (Fsp3) is 0.222. The third-order valence-electron chi connectivity index (χ3n) is 3.22. The largest absolute Gasteiger partial charge is 0.508 e. The smallest absolute Gasteiger partial charge is 0.127 e. The van der Waals surface area contributed by atoms with Crippen LogP contribution in [-0.4, -0.2) is 22.8 Å². The van der Waals surface area contributed by atoms with Gasteiger partial charge in [0.1, 0.15) is 24.1 Å². The van der Waals surface area contributed by atoms with E-state index in [1.807, 2.05) is 13.0 Å². The number of aromatic hydroxyl groups is 2. The average molecular weight is 300 g/mol. The molecule has 4 heteroatoms. The van der Waals surface area contributed by atoms with Crippen LogP contribution < -0.4 is 0 Å². The minimum atomic E-state index is -0.137. The standard InChI is InChI=1S/2C9H10O2/c1-7(6-10)8-2-4-9(11)5-3-8;1-7(6-10)8-3-2-4-9(11)5-8/h2*2-7,11H,1H3. The first-order valence-corrected chi connectivity index (χ1v) is 6.96. The molecule has 2 unspecified atom stereocenters. The van der Waals surface area contributed by atoms with E-state index in [1.54, 1.807) is 49.4 Å². The second-order valence-electron chi connectivity index (χ2n) is 5.04. The van der Waals surface area contributed by atoms with E-state index in [2.05, 4.69) is 0 Å². The van der Waals surface area contributed by atoms with Crippen molar-refractivity contribution in [3.05, 3.63) is 59.7 Å². The molecule has 2 aromatic carbocycles. The number of phenolic OH excluding ortho intramolecular Hbond substituents is 2. The van der Waals surface area contributed by atoms with Crippen LogP contribution in [0.3, 0.4) is 0 Å². The Bertz CT molecular complexity index is 605. The van der Waals surface area contributed by atoms with E-state index in [-0.39, 0.29) is 23.3 Å². The summed E-state index contributed by atoms with van der Waals surface area (Å²) in [5.41, 5.74) is 1.78. The Morgan fingerprint density at radius 1 is 0.773 bits per heavy atom. The maximum absolute atomic E-state index is 10.3. The molecule has 2 aromatic rings. The SMILES string of the molecule is CC(C=O)c1ccc(O)cc1.CC(C=O)c1cccc(O)c1. The van der Waals surface area contributed by atoms with Crippen molar-refractivity contribution in [1.29, 1.82) is 0 Å². The molecule has 0 aliphatic carbocycles. The Balaban J connectivity index is 0.000000220. The van der Waals surface area contributed by atoms with Gasteiger partial charge in [-0.1, -0.05) is 38.1 Å². The van der Waals surface area contributed by atoms with Gasteiger partial charge in [0.25, 0.3) is 0 Å². The van der Waals surface area contributed by atoms with Gasteiger partial charge in [-0.25, -0.2) is 0 Å². The lowest BCUT2D eigenvalue weighted by Gasteiger charge is -2.02. The number of benzene rings is 2. The molecule has 2 atom stereocenters. The Morgan fingerprint density at radius 2 is 1.32 bits per heavy atom. The summed E-state index contributed by atoms with van der Waals surface area (Å²) in [6.45, 7) is 3.61. The summed E-state index contributed by atoms with van der Waals surface area (Å²) in [5, 5.41) is 18.0. The summed E-state index contributed by atoms with van der Waals surface area (Å²) >= 11 is 0. The van der Waals surface area contributed by atoms with E-state index in [0.29, 0.717) is 0 Å². The van der Waals surface area contributed by atoms with Gasteiger partial charge < -0.3 is 19.8 Å². The zero-order chi connectivity index (χ0) is 16.5. The summed E-state index contributed by atoms with van der Waals surface area (Å²) in [4.78, 5) is 20.7. The summed E-state index contributed by atoms with van der Waals surface area (Å²) in [5.74, 6) is 0.209. The molecule has 2 N–H and O–H groups in total. The lowest BCUT2D eigenvalue weighted by molar-refractivity contribution is -0.109. The number of carbonyl (C=O) groups excluding carboxylic acids is 2. The molecule has 0 aliphatic rings. The monoisotopic (exact) mass is 300 g/mol. The van der Waals surface area contributed by atoms with Crippen molar-refractivity contribution >= 4 is 12.6 Å². The van der Waals surface area contributed by atoms with Gasteiger partial charge in [-0.15, -0.1) is 0 Å². The summed E-state index contributed by atoms with van der Waals surface area (Å²) in [6.07, 6.45) is 1.74. The summed E-state index contributed by atoms with van der Waals surface area (Å²) < 4.78 is 0. The molecule has 4 nitrogen and oxygen atoms in total. The topological polar surface area (TPSA) is 74.6 Å². The Hall–Kier alpha value is -2.62. The van der Waals surface area contributed by atoms with Gasteiger partial charge in [-0.2, -0.15) is 0 Å². The van der Waals surface area contributed by atoms with E-state index in [0.717, 1.165) is 23.7 Å². The number of aldehydes is 2. The third kappa shape index (κ3) is 5.40. The molecule has 0 heterocycles. The molecule has 0 fully saturated rings. The van der Waals surface area contributed by atoms with Crippen LogP contribution in [0.5, 0.6) is 11.5 Å². The summed E-state index contributed by atoms with van der Waals surface area (Å²) in [6, 6.07) is 13.4. The van der Waals surface area contributed by atoms with Crippen LogP contribution in [0.15, 0.2) is 48.5 Å². The van der Waals surface area contributed by atoms with Crippen LogP contribution >= 0.6 is 0 Å². The molecule has 116 valence electrons. The molecule has 0 bridgehead atoms. The zero-order valence-electron chi connectivity index (χ0n) is 12.6. The summed E-state index contributed by atoms with van der Waals surface area (Å²) in [7, 11) is 0. The minimum absolute atomic E-state index is 0.0874. The van der Waals surface area contributed by atoms with Crippen LogP contribution in [0.2, 0.25) is 0 Å². The molecule has 0 saturated carbocycles. The normalized spacial score (nSPS) is 12.5. The molecular weight excluding hydrogens is 280 g/mol. The fourth-order valence-electron chi connectivity index (χ4n) is 1.74. The second kappa shape index (κ2) is 8.62. The highest BCUT2D eigenvalue weighted by molar-refractivity contribution is 5.62. The van der Waals surface area contributed by atoms with Crippen LogP contribution in [0.25, 0.3) is 0 Å². The first kappa shape index (κ1) is 17.4. The van der Waals surface area contributed by atoms with Gasteiger partial charge in [0, 0.05) is 11.8 Å². The number of rotatable bonds is 4. The van der Waals surface area contributed by atoms with Gasteiger partial charge in [0.2, 0.25) is 0 Å². The van der Waals surface area contributed by atoms with Crippen LogP contribution in [0, 0.1) is 0 Å². The van der Waals surface area contributed by atoms with Crippen molar-refractivity contribution in [3.63, 3.8) is 0 Å². The Labute approximate surface area is 130 Å². The number of hydrogen-bond donors (Lipinski definition) is 2. The predicted molar refractivity (Wildman–Crippen MR) is 85.2 cm³/mol. The molecule has 0 aliphatic heterocycles. The van der Waals surface area contributed by atoms with Crippen LogP contribution in [0.1, 0.15) is 36.8 Å². The number of phenols is 2. The van der Waals surface area contributed by atoms with Crippen molar-refractivity contribution in [2.24, 2.45) is 0 Å². The van der Waals surface area contributed by atoms with Gasteiger partial charge in [0.05, 0.1) is 0 Å². The zero-order valence-corrected chi connectivity index (χ0v) is 12.6. The Kier molecular flexibility index (Phi) is 6.83. The van der Waals surface area contributed by atoms with Crippen molar-refractivity contribution < 1.29 is 19.8 Å². The van der Waals surface area contributed by atoms with Crippen LogP contribution in [0.4, 0.5) is 0 Å². The maximum atomic E-state index is 10.3. The van der Waals surface area contributed by atoms with Crippen molar-refractivity contribution in [3.8, 4) is 11.5 Å². The van der Waals surface area contributed by atoms with Crippen molar-refractivity contribution in [2.75, 3.05) is 0 Å². The average Bonchev–Trinajstić information content (AvgIpc) is 2.54.